The maximum absolute atomic E-state index is 12.8. The van der Waals surface area contributed by atoms with Crippen molar-refractivity contribution in [2.45, 2.75) is 42.6 Å². The summed E-state index contributed by atoms with van der Waals surface area (Å²) in [5.41, 5.74) is 3.62. The van der Waals surface area contributed by atoms with Crippen molar-refractivity contribution >= 4 is 17.7 Å². The van der Waals surface area contributed by atoms with Crippen LogP contribution in [0.1, 0.15) is 36.9 Å². The molecule has 1 aromatic heterocycles. The Morgan fingerprint density at radius 1 is 1.14 bits per heavy atom. The highest BCUT2D eigenvalue weighted by Gasteiger charge is 2.25. The van der Waals surface area contributed by atoms with Crippen LogP contribution in [0.15, 0.2) is 59.8 Å². The molecule has 1 aliphatic rings. The topological polar surface area (TPSA) is 59.8 Å². The van der Waals surface area contributed by atoms with Crippen LogP contribution in [-0.2, 0) is 18.3 Å². The molecule has 1 aliphatic carbocycles. The van der Waals surface area contributed by atoms with E-state index in [4.69, 9.17) is 0 Å². The molecule has 4 rings (SSSR count). The number of hydrogen-bond acceptors (Lipinski definition) is 4. The van der Waals surface area contributed by atoms with Crippen molar-refractivity contribution in [2.75, 3.05) is 0 Å². The molecule has 2 atom stereocenters. The number of aryl methyl sites for hydroxylation is 1. The summed E-state index contributed by atoms with van der Waals surface area (Å²) >= 11 is 1.44. The van der Waals surface area contributed by atoms with Crippen molar-refractivity contribution in [3.8, 4) is 11.4 Å². The molecule has 144 valence electrons. The lowest BCUT2D eigenvalue weighted by atomic mass is 9.88. The summed E-state index contributed by atoms with van der Waals surface area (Å²) in [4.78, 5) is 12.8. The average molecular weight is 393 g/mol. The molecule has 0 spiro atoms. The van der Waals surface area contributed by atoms with Gasteiger partial charge in [-0.2, -0.15) is 0 Å². The minimum absolute atomic E-state index is 0.0379. The molecule has 1 N–H and O–H groups in total. The number of rotatable bonds is 5. The maximum atomic E-state index is 12.8. The standard InChI is InChI=1S/C22H24N4OS/c1-15(21(27)23-19-14-8-12-16-9-6-7-13-18(16)19)28-22-25-24-20(26(22)2)17-10-4-3-5-11-17/h3-7,9-11,13,15,19H,8,12,14H2,1-2H3,(H,23,27)/t15-,19-/m1/s1. The summed E-state index contributed by atoms with van der Waals surface area (Å²) in [7, 11) is 1.94. The first-order valence-corrected chi connectivity index (χ1v) is 10.5. The van der Waals surface area contributed by atoms with Crippen LogP contribution in [0.5, 0.6) is 0 Å². The Bertz CT molecular complexity index is 970. The quantitative estimate of drug-likeness (QED) is 0.663. The smallest absolute Gasteiger partial charge is 0.233 e. The summed E-state index contributed by atoms with van der Waals surface area (Å²) in [6, 6.07) is 18.5. The second-order valence-electron chi connectivity index (χ2n) is 7.14. The molecule has 0 fully saturated rings. The van der Waals surface area contributed by atoms with Gasteiger partial charge in [0.25, 0.3) is 0 Å². The Morgan fingerprint density at radius 2 is 1.89 bits per heavy atom. The Morgan fingerprint density at radius 3 is 2.71 bits per heavy atom. The summed E-state index contributed by atoms with van der Waals surface area (Å²) in [6.07, 6.45) is 3.18. The number of nitrogens with zero attached hydrogens (tertiary/aromatic N) is 3. The minimum atomic E-state index is -0.249. The molecule has 0 aliphatic heterocycles. The van der Waals surface area contributed by atoms with Gasteiger partial charge in [-0.1, -0.05) is 66.4 Å². The summed E-state index contributed by atoms with van der Waals surface area (Å²) in [5, 5.41) is 12.3. The lowest BCUT2D eigenvalue weighted by Crippen LogP contribution is -2.36. The third-order valence-corrected chi connectivity index (χ3v) is 6.34. The van der Waals surface area contributed by atoms with E-state index >= 15 is 0 Å². The van der Waals surface area contributed by atoms with Gasteiger partial charge in [0.05, 0.1) is 11.3 Å². The van der Waals surface area contributed by atoms with Crippen LogP contribution in [0.3, 0.4) is 0 Å². The van der Waals surface area contributed by atoms with E-state index in [-0.39, 0.29) is 17.2 Å². The van der Waals surface area contributed by atoms with Gasteiger partial charge in [-0.05, 0) is 37.3 Å². The highest BCUT2D eigenvalue weighted by atomic mass is 32.2. The number of carbonyl (C=O) groups excluding carboxylic acids is 1. The highest BCUT2D eigenvalue weighted by molar-refractivity contribution is 8.00. The van der Waals surface area contributed by atoms with Crippen LogP contribution in [0.4, 0.5) is 0 Å². The van der Waals surface area contributed by atoms with Gasteiger partial charge in [-0.25, -0.2) is 0 Å². The molecular formula is C22H24N4OS. The Balaban J connectivity index is 1.44. The van der Waals surface area contributed by atoms with Gasteiger partial charge in [0.1, 0.15) is 0 Å². The van der Waals surface area contributed by atoms with Crippen molar-refractivity contribution in [3.05, 3.63) is 65.7 Å². The molecule has 1 heterocycles. The number of carbonyl (C=O) groups is 1. The van der Waals surface area contributed by atoms with Gasteiger partial charge in [0.2, 0.25) is 5.91 Å². The minimum Gasteiger partial charge on any atom is -0.348 e. The van der Waals surface area contributed by atoms with E-state index in [1.165, 1.54) is 22.9 Å². The Labute approximate surface area is 169 Å². The predicted molar refractivity (Wildman–Crippen MR) is 112 cm³/mol. The second-order valence-corrected chi connectivity index (χ2v) is 8.45. The van der Waals surface area contributed by atoms with Gasteiger partial charge in [-0.3, -0.25) is 4.79 Å². The summed E-state index contributed by atoms with van der Waals surface area (Å²) < 4.78 is 1.94. The van der Waals surface area contributed by atoms with Crippen LogP contribution in [-0.4, -0.2) is 25.9 Å². The number of thioether (sulfide) groups is 1. The first-order valence-electron chi connectivity index (χ1n) is 9.63. The maximum Gasteiger partial charge on any atom is 0.233 e. The van der Waals surface area contributed by atoms with Crippen molar-refractivity contribution in [1.82, 2.24) is 20.1 Å². The molecule has 2 aromatic carbocycles. The number of amides is 1. The lowest BCUT2D eigenvalue weighted by Gasteiger charge is -2.27. The third-order valence-electron chi connectivity index (χ3n) is 5.20. The molecule has 0 radical (unpaired) electrons. The van der Waals surface area contributed by atoms with Crippen molar-refractivity contribution in [3.63, 3.8) is 0 Å². The fourth-order valence-electron chi connectivity index (χ4n) is 3.66. The van der Waals surface area contributed by atoms with E-state index in [2.05, 4.69) is 33.7 Å². The van der Waals surface area contributed by atoms with Crippen LogP contribution in [0.2, 0.25) is 0 Å². The number of fused-ring (bicyclic) bond motifs is 1. The number of hydrogen-bond donors (Lipinski definition) is 1. The summed E-state index contributed by atoms with van der Waals surface area (Å²) in [6.45, 7) is 1.92. The van der Waals surface area contributed by atoms with Crippen molar-refractivity contribution < 1.29 is 4.79 Å². The van der Waals surface area contributed by atoms with E-state index in [1.54, 1.807) is 0 Å². The van der Waals surface area contributed by atoms with E-state index in [0.717, 1.165) is 35.8 Å². The molecule has 0 unspecified atom stereocenters. The van der Waals surface area contributed by atoms with Gasteiger partial charge in [0.15, 0.2) is 11.0 Å². The fraction of sp³-hybridized carbons (Fsp3) is 0.318. The molecule has 0 saturated heterocycles. The fourth-order valence-corrected chi connectivity index (χ4v) is 4.48. The number of nitrogens with one attached hydrogen (secondary N) is 1. The molecule has 5 nitrogen and oxygen atoms in total. The monoisotopic (exact) mass is 392 g/mol. The van der Waals surface area contributed by atoms with Crippen LogP contribution in [0.25, 0.3) is 11.4 Å². The van der Waals surface area contributed by atoms with Crippen molar-refractivity contribution in [2.24, 2.45) is 7.05 Å². The number of aromatic nitrogens is 3. The highest BCUT2D eigenvalue weighted by Crippen LogP contribution is 2.31. The molecule has 0 saturated carbocycles. The molecular weight excluding hydrogens is 368 g/mol. The van der Waals surface area contributed by atoms with Gasteiger partial charge in [-0.15, -0.1) is 10.2 Å². The van der Waals surface area contributed by atoms with Gasteiger partial charge >= 0.3 is 0 Å². The second kappa shape index (κ2) is 8.19. The van der Waals surface area contributed by atoms with E-state index < -0.39 is 0 Å². The lowest BCUT2D eigenvalue weighted by molar-refractivity contribution is -0.121. The van der Waals surface area contributed by atoms with Crippen LogP contribution in [0, 0.1) is 0 Å². The van der Waals surface area contributed by atoms with Crippen LogP contribution < -0.4 is 5.32 Å². The SMILES string of the molecule is C[C@@H](Sc1nnc(-c2ccccc2)n1C)C(=O)N[C@@H]1CCCc2ccccc21. The van der Waals surface area contributed by atoms with Crippen molar-refractivity contribution in [1.29, 1.82) is 0 Å². The van der Waals surface area contributed by atoms with Gasteiger partial charge in [0, 0.05) is 12.6 Å². The molecule has 3 aromatic rings. The van der Waals surface area contributed by atoms with Gasteiger partial charge < -0.3 is 9.88 Å². The molecule has 28 heavy (non-hydrogen) atoms. The molecule has 1 amide bonds. The zero-order valence-corrected chi connectivity index (χ0v) is 16.9. The zero-order chi connectivity index (χ0) is 19.5. The Kier molecular flexibility index (Phi) is 5.48. The van der Waals surface area contributed by atoms with Crippen LogP contribution >= 0.6 is 11.8 Å². The summed E-state index contributed by atoms with van der Waals surface area (Å²) in [5.74, 6) is 0.841. The first kappa shape index (κ1) is 18.7. The molecule has 6 heteroatoms. The van der Waals surface area contributed by atoms with E-state index in [1.807, 2.05) is 54.9 Å². The normalized spacial score (nSPS) is 17.0. The van der Waals surface area contributed by atoms with E-state index in [0.29, 0.717) is 0 Å². The van der Waals surface area contributed by atoms with E-state index in [9.17, 15) is 4.79 Å². The average Bonchev–Trinajstić information content (AvgIpc) is 3.09. The Hall–Kier alpha value is -2.60. The zero-order valence-electron chi connectivity index (χ0n) is 16.1. The largest absolute Gasteiger partial charge is 0.348 e. The third kappa shape index (κ3) is 3.83. The first-order chi connectivity index (χ1) is 13.6. The predicted octanol–water partition coefficient (Wildman–Crippen LogP) is 4.16. The molecule has 0 bridgehead atoms. The number of benzene rings is 2.